The number of nitrogens with zero attached hydrogens (tertiary/aromatic N) is 1. The lowest BCUT2D eigenvalue weighted by Gasteiger charge is -2.36. The molecule has 0 saturated carbocycles. The number of hydrogen-bond acceptors (Lipinski definition) is 8. The Kier molecular flexibility index (Phi) is 12.1. The third-order valence-corrected chi connectivity index (χ3v) is 8.20. The smallest absolute Gasteiger partial charge is 0.338 e. The van der Waals surface area contributed by atoms with Crippen molar-refractivity contribution < 1.29 is 39.2 Å². The van der Waals surface area contributed by atoms with Gasteiger partial charge in [0.2, 0.25) is 5.91 Å². The molecule has 4 N–H and O–H groups in total. The quantitative estimate of drug-likeness (QED) is 0.133. The van der Waals surface area contributed by atoms with Gasteiger partial charge in [-0.15, -0.1) is 11.8 Å². The van der Waals surface area contributed by atoms with Crippen molar-refractivity contribution in [2.45, 2.75) is 75.2 Å². The summed E-state index contributed by atoms with van der Waals surface area (Å²) in [6.45, 7) is 0.322. The molecule has 0 radical (unpaired) electrons. The van der Waals surface area contributed by atoms with Gasteiger partial charge in [0, 0.05) is 43.3 Å². The summed E-state index contributed by atoms with van der Waals surface area (Å²) in [5.74, 6) is -1.46. The average molecular weight is 609 g/mol. The molecule has 3 atom stereocenters. The van der Waals surface area contributed by atoms with Crippen LogP contribution in [0.1, 0.15) is 83.5 Å². The molecule has 1 amide bonds. The summed E-state index contributed by atoms with van der Waals surface area (Å²) < 4.78 is 12.7. The standard InChI is InChI=1S/C32H36N2O8S/c35-19-22-10-12-23(13-11-22)27-17-25(20-43-30-26(31(39)40)5-4-16-33-30)41-32(42-27)24-14-8-21(9-15-24)18-34-28(36)6-2-1-3-7-29(37)38/h4-5,8-16,25,27,32,35H,1-3,6-7,17-20H2,(H,34,36)(H,37,38)(H,39,40). The van der Waals surface area contributed by atoms with Gasteiger partial charge in [0.05, 0.1) is 24.4 Å². The minimum atomic E-state index is -1.03. The second kappa shape index (κ2) is 16.2. The highest BCUT2D eigenvalue weighted by atomic mass is 32.2. The van der Waals surface area contributed by atoms with Crippen molar-refractivity contribution in [3.05, 3.63) is 94.7 Å². The van der Waals surface area contributed by atoms with Gasteiger partial charge in [0.25, 0.3) is 0 Å². The van der Waals surface area contributed by atoms with E-state index in [-0.39, 0.29) is 36.7 Å². The van der Waals surface area contributed by atoms with Crippen LogP contribution >= 0.6 is 11.8 Å². The molecule has 1 aliphatic heterocycles. The predicted octanol–water partition coefficient (Wildman–Crippen LogP) is 5.26. The molecule has 43 heavy (non-hydrogen) atoms. The molecule has 10 nitrogen and oxygen atoms in total. The first kappa shape index (κ1) is 32.2. The molecular formula is C32H36N2O8S. The fraction of sp³-hybridized carbons (Fsp3) is 0.375. The van der Waals surface area contributed by atoms with Gasteiger partial charge < -0.3 is 30.1 Å². The molecule has 4 rings (SSSR count). The van der Waals surface area contributed by atoms with Crippen LogP contribution in [-0.2, 0) is 32.2 Å². The number of nitrogens with one attached hydrogen (secondary N) is 1. The Morgan fingerprint density at radius 2 is 1.58 bits per heavy atom. The molecule has 3 unspecified atom stereocenters. The van der Waals surface area contributed by atoms with Crippen LogP contribution in [-0.4, -0.2) is 50.0 Å². The molecule has 11 heteroatoms. The molecule has 0 bridgehead atoms. The van der Waals surface area contributed by atoms with E-state index in [1.165, 1.54) is 17.8 Å². The zero-order valence-electron chi connectivity index (χ0n) is 23.7. The zero-order chi connectivity index (χ0) is 30.6. The summed E-state index contributed by atoms with van der Waals surface area (Å²) in [4.78, 5) is 38.7. The number of aliphatic hydroxyl groups is 1. The molecule has 0 aliphatic carbocycles. The Morgan fingerprint density at radius 3 is 2.28 bits per heavy atom. The van der Waals surface area contributed by atoms with Gasteiger partial charge in [-0.3, -0.25) is 9.59 Å². The summed E-state index contributed by atoms with van der Waals surface area (Å²) >= 11 is 1.33. The van der Waals surface area contributed by atoms with Crippen LogP contribution in [0.4, 0.5) is 0 Å². The maximum Gasteiger partial charge on any atom is 0.338 e. The van der Waals surface area contributed by atoms with E-state index in [4.69, 9.17) is 14.6 Å². The number of carboxylic acid groups (broad SMARTS) is 2. The number of carbonyl (C=O) groups is 3. The number of pyridine rings is 1. The molecule has 1 fully saturated rings. The molecular weight excluding hydrogens is 572 g/mol. The second-order valence-corrected chi connectivity index (χ2v) is 11.3. The van der Waals surface area contributed by atoms with E-state index < -0.39 is 18.2 Å². The van der Waals surface area contributed by atoms with Gasteiger partial charge in [0.15, 0.2) is 6.29 Å². The fourth-order valence-electron chi connectivity index (χ4n) is 4.68. The lowest BCUT2D eigenvalue weighted by molar-refractivity contribution is -0.245. The SMILES string of the molecule is O=C(O)CCCCCC(=O)NCc1ccc(C2OC(CSc3ncccc3C(=O)O)CC(c3ccc(CO)cc3)O2)cc1. The van der Waals surface area contributed by atoms with Crippen molar-refractivity contribution in [3.63, 3.8) is 0 Å². The third-order valence-electron chi connectivity index (χ3n) is 7.06. The number of rotatable bonds is 15. The number of hydrogen-bond donors (Lipinski definition) is 4. The highest BCUT2D eigenvalue weighted by molar-refractivity contribution is 7.99. The van der Waals surface area contributed by atoms with E-state index in [0.29, 0.717) is 49.4 Å². The third kappa shape index (κ3) is 9.89. The summed E-state index contributed by atoms with van der Waals surface area (Å²) in [5.41, 5.74) is 3.62. The van der Waals surface area contributed by atoms with Crippen LogP contribution in [0.5, 0.6) is 0 Å². The average Bonchev–Trinajstić information content (AvgIpc) is 3.02. The minimum Gasteiger partial charge on any atom is -0.481 e. The number of unbranched alkanes of at least 4 members (excludes halogenated alkanes) is 2. The van der Waals surface area contributed by atoms with Crippen molar-refractivity contribution in [1.82, 2.24) is 10.3 Å². The van der Waals surface area contributed by atoms with E-state index in [0.717, 1.165) is 22.3 Å². The van der Waals surface area contributed by atoms with Crippen LogP contribution in [0, 0.1) is 0 Å². The van der Waals surface area contributed by atoms with Gasteiger partial charge in [-0.1, -0.05) is 55.0 Å². The van der Waals surface area contributed by atoms with Gasteiger partial charge in [-0.2, -0.15) is 0 Å². The summed E-state index contributed by atoms with van der Waals surface area (Å²) in [5, 5.41) is 31.0. The Labute approximate surface area is 254 Å². The van der Waals surface area contributed by atoms with Crippen molar-refractivity contribution >= 4 is 29.6 Å². The molecule has 0 spiro atoms. The second-order valence-electron chi connectivity index (χ2n) is 10.3. The van der Waals surface area contributed by atoms with Crippen molar-refractivity contribution in [3.8, 4) is 0 Å². The normalized spacial score (nSPS) is 18.2. The predicted molar refractivity (Wildman–Crippen MR) is 159 cm³/mol. The van der Waals surface area contributed by atoms with Crippen molar-refractivity contribution in [2.75, 3.05) is 5.75 Å². The van der Waals surface area contributed by atoms with Crippen LogP contribution < -0.4 is 5.32 Å². The molecule has 2 heterocycles. The Hall–Kier alpha value is -3.77. The molecule has 2 aromatic carbocycles. The van der Waals surface area contributed by atoms with Gasteiger partial charge in [0.1, 0.15) is 5.03 Å². The van der Waals surface area contributed by atoms with E-state index >= 15 is 0 Å². The van der Waals surface area contributed by atoms with Crippen LogP contribution in [0.15, 0.2) is 71.9 Å². The topological polar surface area (TPSA) is 155 Å². The first-order chi connectivity index (χ1) is 20.8. The first-order valence-electron chi connectivity index (χ1n) is 14.2. The Morgan fingerprint density at radius 1 is 0.884 bits per heavy atom. The maximum atomic E-state index is 12.2. The number of benzene rings is 2. The van der Waals surface area contributed by atoms with Crippen LogP contribution in [0.25, 0.3) is 0 Å². The molecule has 1 aromatic heterocycles. The van der Waals surface area contributed by atoms with E-state index in [9.17, 15) is 24.6 Å². The van der Waals surface area contributed by atoms with Gasteiger partial charge in [-0.05, 0) is 41.7 Å². The number of aromatic carboxylic acids is 1. The first-order valence-corrected chi connectivity index (χ1v) is 15.2. The van der Waals surface area contributed by atoms with E-state index in [1.807, 2.05) is 48.5 Å². The minimum absolute atomic E-state index is 0.0492. The number of ether oxygens (including phenoxy) is 2. The van der Waals surface area contributed by atoms with E-state index in [1.54, 1.807) is 12.3 Å². The van der Waals surface area contributed by atoms with Crippen molar-refractivity contribution in [1.29, 1.82) is 0 Å². The van der Waals surface area contributed by atoms with Gasteiger partial charge in [-0.25, -0.2) is 9.78 Å². The lowest BCUT2D eigenvalue weighted by Crippen LogP contribution is -2.31. The zero-order valence-corrected chi connectivity index (χ0v) is 24.5. The highest BCUT2D eigenvalue weighted by Crippen LogP contribution is 2.39. The number of aromatic nitrogens is 1. The summed E-state index contributed by atoms with van der Waals surface area (Å²) in [6, 6.07) is 18.3. The number of amides is 1. The molecule has 228 valence electrons. The van der Waals surface area contributed by atoms with Crippen molar-refractivity contribution in [2.24, 2.45) is 0 Å². The van der Waals surface area contributed by atoms with Crippen LogP contribution in [0.2, 0.25) is 0 Å². The van der Waals surface area contributed by atoms with E-state index in [2.05, 4.69) is 10.3 Å². The van der Waals surface area contributed by atoms with Gasteiger partial charge >= 0.3 is 11.9 Å². The number of carbonyl (C=O) groups excluding carboxylic acids is 1. The summed E-state index contributed by atoms with van der Waals surface area (Å²) in [6.07, 6.45) is 3.30. The number of carboxylic acids is 2. The number of aliphatic carboxylic acids is 1. The Balaban J connectivity index is 1.39. The maximum absolute atomic E-state index is 12.2. The lowest BCUT2D eigenvalue weighted by atomic mass is 10.0. The molecule has 1 saturated heterocycles. The molecule has 3 aromatic rings. The monoisotopic (exact) mass is 608 g/mol. The largest absolute Gasteiger partial charge is 0.481 e. The highest BCUT2D eigenvalue weighted by Gasteiger charge is 2.32. The van der Waals surface area contributed by atoms with Crippen LogP contribution in [0.3, 0.4) is 0 Å². The fourth-order valence-corrected chi connectivity index (χ4v) is 5.69. The summed E-state index contributed by atoms with van der Waals surface area (Å²) in [7, 11) is 0. The number of aliphatic hydroxyl groups excluding tert-OH is 1. The Bertz CT molecular complexity index is 1370. The number of thioether (sulfide) groups is 1. The molecule has 1 aliphatic rings.